The molecule has 2 aliphatic rings. The van der Waals surface area contributed by atoms with E-state index in [0.29, 0.717) is 12.1 Å². The van der Waals surface area contributed by atoms with E-state index in [1.807, 2.05) is 18.2 Å². The summed E-state index contributed by atoms with van der Waals surface area (Å²) in [4.78, 5) is 14.8. The molecule has 1 fully saturated rings. The lowest BCUT2D eigenvalue weighted by Crippen LogP contribution is -2.48. The molecule has 4 nitrogen and oxygen atoms in total. The molecule has 1 aliphatic heterocycles. The van der Waals surface area contributed by atoms with Gasteiger partial charge in [-0.1, -0.05) is 25.8 Å². The predicted octanol–water partition coefficient (Wildman–Crippen LogP) is 3.00. The highest BCUT2D eigenvalue weighted by Crippen LogP contribution is 2.33. The topological polar surface area (TPSA) is 41.6 Å². The molecule has 1 aliphatic carbocycles. The molecule has 0 radical (unpaired) electrons. The maximum atomic E-state index is 12.2. The van der Waals surface area contributed by atoms with Gasteiger partial charge in [0.2, 0.25) is 0 Å². The van der Waals surface area contributed by atoms with Crippen molar-refractivity contribution >= 4 is 5.91 Å². The summed E-state index contributed by atoms with van der Waals surface area (Å²) in [6.45, 7) is 4.10. The van der Waals surface area contributed by atoms with E-state index in [0.717, 1.165) is 42.9 Å². The number of rotatable bonds is 5. The van der Waals surface area contributed by atoms with Crippen LogP contribution in [-0.2, 0) is 6.42 Å². The van der Waals surface area contributed by atoms with Gasteiger partial charge in [0.1, 0.15) is 12.4 Å². The van der Waals surface area contributed by atoms with Crippen LogP contribution < -0.4 is 10.1 Å². The van der Waals surface area contributed by atoms with Crippen LogP contribution in [0.2, 0.25) is 0 Å². The zero-order valence-corrected chi connectivity index (χ0v) is 14.3. The van der Waals surface area contributed by atoms with E-state index < -0.39 is 0 Å². The number of carbonyl (C=O) groups is 1. The van der Waals surface area contributed by atoms with Crippen LogP contribution in [0.25, 0.3) is 0 Å². The first kappa shape index (κ1) is 16.3. The summed E-state index contributed by atoms with van der Waals surface area (Å²) in [5.74, 6) is 0.860. The number of carbonyl (C=O) groups excluding carboxylic acids is 1. The second kappa shape index (κ2) is 7.35. The highest BCUT2D eigenvalue weighted by Gasteiger charge is 2.32. The van der Waals surface area contributed by atoms with Gasteiger partial charge in [0.25, 0.3) is 5.91 Å². The van der Waals surface area contributed by atoms with Gasteiger partial charge in [0, 0.05) is 30.3 Å². The third-order valence-corrected chi connectivity index (χ3v) is 5.22. The molecule has 0 unspecified atom stereocenters. The first-order valence-electron chi connectivity index (χ1n) is 8.97. The van der Waals surface area contributed by atoms with Crippen molar-refractivity contribution in [2.45, 2.75) is 57.5 Å². The second-order valence-corrected chi connectivity index (χ2v) is 6.71. The first-order chi connectivity index (χ1) is 11.2. The van der Waals surface area contributed by atoms with Crippen molar-refractivity contribution in [3.8, 4) is 5.75 Å². The van der Waals surface area contributed by atoms with Crippen molar-refractivity contribution in [1.29, 1.82) is 0 Å². The van der Waals surface area contributed by atoms with Gasteiger partial charge in [-0.3, -0.25) is 9.69 Å². The predicted molar refractivity (Wildman–Crippen MR) is 92.1 cm³/mol. The molecular weight excluding hydrogens is 288 g/mol. The van der Waals surface area contributed by atoms with Crippen LogP contribution in [0.5, 0.6) is 5.75 Å². The summed E-state index contributed by atoms with van der Waals surface area (Å²) in [6, 6.07) is 6.87. The summed E-state index contributed by atoms with van der Waals surface area (Å²) in [6.07, 6.45) is 7.38. The molecule has 1 saturated carbocycles. The number of fused-ring (bicyclic) bond motifs is 1. The van der Waals surface area contributed by atoms with Crippen LogP contribution in [0.3, 0.4) is 0 Å². The number of ether oxygens (including phenoxy) is 1. The average Bonchev–Trinajstić information content (AvgIpc) is 3.12. The maximum Gasteiger partial charge on any atom is 0.251 e. The van der Waals surface area contributed by atoms with Gasteiger partial charge in [-0.25, -0.2) is 0 Å². The first-order valence-corrected chi connectivity index (χ1v) is 8.97. The molecule has 23 heavy (non-hydrogen) atoms. The smallest absolute Gasteiger partial charge is 0.251 e. The minimum Gasteiger partial charge on any atom is -0.492 e. The largest absolute Gasteiger partial charge is 0.492 e. The molecule has 1 N–H and O–H groups in total. The summed E-state index contributed by atoms with van der Waals surface area (Å²) >= 11 is 0. The van der Waals surface area contributed by atoms with E-state index in [1.54, 1.807) is 7.05 Å². The van der Waals surface area contributed by atoms with E-state index in [2.05, 4.69) is 17.1 Å². The Morgan fingerprint density at radius 1 is 1.30 bits per heavy atom. The number of amides is 1. The van der Waals surface area contributed by atoms with Crippen LogP contribution in [0.4, 0.5) is 0 Å². The summed E-state index contributed by atoms with van der Waals surface area (Å²) < 4.78 is 6.04. The Balaban J connectivity index is 1.84. The van der Waals surface area contributed by atoms with Gasteiger partial charge in [0.05, 0.1) is 0 Å². The van der Waals surface area contributed by atoms with Gasteiger partial charge >= 0.3 is 0 Å². The highest BCUT2D eigenvalue weighted by molar-refractivity contribution is 5.96. The fraction of sp³-hybridized carbons (Fsp3) is 0.632. The molecule has 1 atom stereocenters. The van der Waals surface area contributed by atoms with E-state index in [4.69, 9.17) is 4.74 Å². The minimum atomic E-state index is -0.0194. The zero-order chi connectivity index (χ0) is 16.2. The molecule has 1 aromatic rings. The van der Waals surface area contributed by atoms with E-state index in [-0.39, 0.29) is 5.91 Å². The van der Waals surface area contributed by atoms with Crippen LogP contribution in [0, 0.1) is 0 Å². The summed E-state index contributed by atoms with van der Waals surface area (Å²) in [5.41, 5.74) is 1.83. The fourth-order valence-corrected chi connectivity index (χ4v) is 4.11. The maximum absolute atomic E-state index is 12.2. The van der Waals surface area contributed by atoms with E-state index in [9.17, 15) is 4.79 Å². The van der Waals surface area contributed by atoms with Gasteiger partial charge in [-0.05, 0) is 44.4 Å². The van der Waals surface area contributed by atoms with E-state index >= 15 is 0 Å². The third-order valence-electron chi connectivity index (χ3n) is 5.22. The molecule has 0 spiro atoms. The van der Waals surface area contributed by atoms with Crippen LogP contribution in [0.15, 0.2) is 18.2 Å². The van der Waals surface area contributed by atoms with Gasteiger partial charge in [0.15, 0.2) is 0 Å². The van der Waals surface area contributed by atoms with E-state index in [1.165, 1.54) is 25.7 Å². The molecule has 0 bridgehead atoms. The van der Waals surface area contributed by atoms with Crippen molar-refractivity contribution in [2.24, 2.45) is 0 Å². The third kappa shape index (κ3) is 3.37. The number of hydrogen-bond acceptors (Lipinski definition) is 3. The average molecular weight is 316 g/mol. The Kier molecular flexibility index (Phi) is 5.21. The minimum absolute atomic E-state index is 0.0194. The normalized spacial score (nSPS) is 21.1. The Labute approximate surface area is 139 Å². The van der Waals surface area contributed by atoms with Gasteiger partial charge in [-0.2, -0.15) is 0 Å². The van der Waals surface area contributed by atoms with Crippen molar-refractivity contribution in [3.63, 3.8) is 0 Å². The molecule has 1 amide bonds. The number of nitrogens with one attached hydrogen (secondary N) is 1. The molecule has 1 heterocycles. The molecule has 0 saturated heterocycles. The van der Waals surface area contributed by atoms with Crippen molar-refractivity contribution in [3.05, 3.63) is 29.3 Å². The van der Waals surface area contributed by atoms with Gasteiger partial charge < -0.3 is 10.1 Å². The number of hydrogen-bond donors (Lipinski definition) is 1. The quantitative estimate of drug-likeness (QED) is 0.908. The highest BCUT2D eigenvalue weighted by atomic mass is 16.5. The molecule has 3 rings (SSSR count). The summed E-state index contributed by atoms with van der Waals surface area (Å²) in [5, 5.41) is 2.75. The Morgan fingerprint density at radius 2 is 2.09 bits per heavy atom. The lowest BCUT2D eigenvalue weighted by atomic mass is 9.94. The Hall–Kier alpha value is -1.55. The molecule has 0 aromatic heterocycles. The van der Waals surface area contributed by atoms with Crippen molar-refractivity contribution < 1.29 is 9.53 Å². The molecule has 1 aromatic carbocycles. The monoisotopic (exact) mass is 316 g/mol. The zero-order valence-electron chi connectivity index (χ0n) is 14.3. The lowest BCUT2D eigenvalue weighted by Gasteiger charge is -2.39. The van der Waals surface area contributed by atoms with Gasteiger partial charge in [-0.15, -0.1) is 0 Å². The molecule has 126 valence electrons. The van der Waals surface area contributed by atoms with Crippen LogP contribution >= 0.6 is 0 Å². The number of benzene rings is 1. The molecular formula is C19H28N2O2. The Morgan fingerprint density at radius 3 is 2.78 bits per heavy atom. The van der Waals surface area contributed by atoms with Crippen molar-refractivity contribution in [1.82, 2.24) is 10.2 Å². The van der Waals surface area contributed by atoms with Crippen LogP contribution in [0.1, 0.15) is 54.9 Å². The molecule has 4 heteroatoms. The SMILES string of the molecule is CCCN(C1CCCC1)[C@@H]1COc2cccc(C(=O)NC)c2C1. The Bertz CT molecular complexity index is 552. The fourth-order valence-electron chi connectivity index (χ4n) is 4.11. The van der Waals surface area contributed by atoms with Crippen LogP contribution in [-0.4, -0.2) is 43.1 Å². The lowest BCUT2D eigenvalue weighted by molar-refractivity contribution is 0.0802. The number of nitrogens with zero attached hydrogens (tertiary/aromatic N) is 1. The standard InChI is InChI=1S/C19H28N2O2/c1-3-11-21(14-7-4-5-8-14)15-12-17-16(19(22)20-2)9-6-10-18(17)23-13-15/h6,9-10,14-15H,3-5,7-8,11-13H2,1-2H3,(H,20,22)/t15-/m0/s1. The van der Waals surface area contributed by atoms with Crippen molar-refractivity contribution in [2.75, 3.05) is 20.2 Å². The summed E-state index contributed by atoms with van der Waals surface area (Å²) in [7, 11) is 1.69. The second-order valence-electron chi connectivity index (χ2n) is 6.71.